The molecular formula is C15H14N3O+. The van der Waals surface area contributed by atoms with Gasteiger partial charge in [0.15, 0.2) is 12.4 Å². The third kappa shape index (κ3) is 2.81. The molecule has 0 atom stereocenters. The SMILES string of the molecule is CCC(=O)C(=C=N)[n+]1ccc(-c2ccncc2)cc1. The van der Waals surface area contributed by atoms with Crippen molar-refractivity contribution in [1.82, 2.24) is 4.98 Å². The number of Topliss-reactive ketones (excluding diaryl/α,β-unsaturated/α-hetero) is 1. The van der Waals surface area contributed by atoms with Crippen LogP contribution < -0.4 is 4.57 Å². The van der Waals surface area contributed by atoms with Crippen LogP contribution in [-0.2, 0) is 4.79 Å². The van der Waals surface area contributed by atoms with Crippen LogP contribution in [0.1, 0.15) is 13.3 Å². The minimum atomic E-state index is -0.100. The van der Waals surface area contributed by atoms with Gasteiger partial charge in [-0.25, -0.2) is 0 Å². The van der Waals surface area contributed by atoms with E-state index in [0.717, 1.165) is 11.1 Å². The number of nitrogens with zero attached hydrogens (tertiary/aromatic N) is 2. The quantitative estimate of drug-likeness (QED) is 0.514. The molecule has 2 aromatic rings. The number of aromatic nitrogens is 2. The highest BCUT2D eigenvalue weighted by Crippen LogP contribution is 2.16. The number of ketones is 1. The molecule has 2 rings (SSSR count). The van der Waals surface area contributed by atoms with Gasteiger partial charge in [-0.3, -0.25) is 15.2 Å². The molecule has 0 fully saturated rings. The van der Waals surface area contributed by atoms with Crippen molar-refractivity contribution in [2.75, 3.05) is 0 Å². The van der Waals surface area contributed by atoms with Gasteiger partial charge < -0.3 is 0 Å². The summed E-state index contributed by atoms with van der Waals surface area (Å²) < 4.78 is 1.61. The molecule has 0 aliphatic heterocycles. The van der Waals surface area contributed by atoms with Gasteiger partial charge in [-0.15, -0.1) is 0 Å². The maximum Gasteiger partial charge on any atom is 0.316 e. The third-order valence-corrected chi connectivity index (χ3v) is 2.80. The number of hydrogen-bond acceptors (Lipinski definition) is 3. The first kappa shape index (κ1) is 12.9. The van der Waals surface area contributed by atoms with Gasteiger partial charge in [0.05, 0.1) is 5.87 Å². The molecule has 0 bridgehead atoms. The monoisotopic (exact) mass is 252 g/mol. The Bertz CT molecular complexity index is 626. The Hall–Kier alpha value is -2.58. The minimum Gasteiger partial charge on any atom is -0.287 e. The van der Waals surface area contributed by atoms with Gasteiger partial charge in [0, 0.05) is 30.9 Å². The summed E-state index contributed by atoms with van der Waals surface area (Å²) in [5.74, 6) is 2.10. The third-order valence-electron chi connectivity index (χ3n) is 2.80. The van der Waals surface area contributed by atoms with E-state index in [9.17, 15) is 4.79 Å². The van der Waals surface area contributed by atoms with Crippen LogP contribution in [0.15, 0.2) is 49.1 Å². The zero-order valence-electron chi connectivity index (χ0n) is 10.6. The highest BCUT2D eigenvalue weighted by Gasteiger charge is 2.17. The molecule has 1 N–H and O–H groups in total. The normalized spacial score (nSPS) is 9.74. The van der Waals surface area contributed by atoms with E-state index in [1.54, 1.807) is 36.3 Å². The zero-order valence-corrected chi connectivity index (χ0v) is 10.6. The van der Waals surface area contributed by atoms with Crippen molar-refractivity contribution < 1.29 is 9.36 Å². The summed E-state index contributed by atoms with van der Waals surface area (Å²) in [6.45, 7) is 1.77. The largest absolute Gasteiger partial charge is 0.316 e. The molecule has 4 heteroatoms. The Kier molecular flexibility index (Phi) is 3.96. The van der Waals surface area contributed by atoms with E-state index in [0.29, 0.717) is 6.42 Å². The lowest BCUT2D eigenvalue weighted by molar-refractivity contribution is -0.575. The summed E-state index contributed by atoms with van der Waals surface area (Å²) in [4.78, 5) is 15.6. The molecule has 0 aliphatic rings. The van der Waals surface area contributed by atoms with Crippen LogP contribution in [0.3, 0.4) is 0 Å². The zero-order chi connectivity index (χ0) is 13.7. The van der Waals surface area contributed by atoms with Gasteiger partial charge in [0.1, 0.15) is 0 Å². The predicted octanol–water partition coefficient (Wildman–Crippen LogP) is 2.10. The Morgan fingerprint density at radius 2 is 1.79 bits per heavy atom. The summed E-state index contributed by atoms with van der Waals surface area (Å²) >= 11 is 0. The molecular weight excluding hydrogens is 238 g/mol. The van der Waals surface area contributed by atoms with Crippen molar-refractivity contribution in [3.05, 3.63) is 49.1 Å². The number of carbonyl (C=O) groups is 1. The van der Waals surface area contributed by atoms with Gasteiger partial charge >= 0.3 is 5.70 Å². The standard InChI is InChI=1S/C15H14N3O/c1-2-15(19)14(11-16)18-9-5-13(6-10-18)12-3-7-17-8-4-12/h3-10,16H,2H2,1H3/q+1. The summed E-state index contributed by atoms with van der Waals surface area (Å²) in [7, 11) is 0. The summed E-state index contributed by atoms with van der Waals surface area (Å²) in [6, 6.07) is 7.64. The lowest BCUT2D eigenvalue weighted by Crippen LogP contribution is -2.35. The molecule has 0 aliphatic carbocycles. The number of pyridine rings is 2. The number of allylic oxidation sites excluding steroid dienone is 1. The molecule has 0 spiro atoms. The van der Waals surface area contributed by atoms with E-state index in [1.807, 2.05) is 24.3 Å². The molecule has 4 nitrogen and oxygen atoms in total. The second-order valence-electron chi connectivity index (χ2n) is 3.98. The molecule has 2 heterocycles. The van der Waals surface area contributed by atoms with Gasteiger partial charge in [-0.2, -0.15) is 4.57 Å². The first-order valence-electron chi connectivity index (χ1n) is 6.01. The van der Waals surface area contributed by atoms with Crippen molar-refractivity contribution >= 4 is 17.4 Å². The lowest BCUT2D eigenvalue weighted by atomic mass is 10.1. The van der Waals surface area contributed by atoms with Crippen LogP contribution in [-0.4, -0.2) is 16.6 Å². The highest BCUT2D eigenvalue weighted by molar-refractivity contribution is 6.19. The molecule has 0 saturated carbocycles. The fraction of sp³-hybridized carbons (Fsp3) is 0.133. The average Bonchev–Trinajstić information content (AvgIpc) is 2.49. The van der Waals surface area contributed by atoms with Crippen molar-refractivity contribution in [2.24, 2.45) is 0 Å². The van der Waals surface area contributed by atoms with Crippen molar-refractivity contribution in [2.45, 2.75) is 13.3 Å². The molecule has 0 saturated heterocycles. The van der Waals surface area contributed by atoms with E-state index in [1.165, 1.54) is 0 Å². The van der Waals surface area contributed by atoms with Crippen LogP contribution in [0.4, 0.5) is 0 Å². The fourth-order valence-electron chi connectivity index (χ4n) is 1.76. The fourth-order valence-corrected chi connectivity index (χ4v) is 1.76. The average molecular weight is 252 g/mol. The Morgan fingerprint density at radius 3 is 2.32 bits per heavy atom. The van der Waals surface area contributed by atoms with Crippen LogP contribution in [0.5, 0.6) is 0 Å². The smallest absolute Gasteiger partial charge is 0.287 e. The van der Waals surface area contributed by atoms with Gasteiger partial charge in [0.25, 0.3) is 0 Å². The summed E-state index contributed by atoms with van der Waals surface area (Å²) in [5, 5.41) is 7.21. The number of hydrogen-bond donors (Lipinski definition) is 1. The molecule has 0 unspecified atom stereocenters. The highest BCUT2D eigenvalue weighted by atomic mass is 16.1. The van der Waals surface area contributed by atoms with E-state index in [4.69, 9.17) is 5.41 Å². The van der Waals surface area contributed by atoms with E-state index in [-0.39, 0.29) is 11.5 Å². The van der Waals surface area contributed by atoms with Gasteiger partial charge in [0.2, 0.25) is 5.78 Å². The molecule has 2 aromatic heterocycles. The first-order chi connectivity index (χ1) is 9.26. The Balaban J connectivity index is 2.34. The summed E-state index contributed by atoms with van der Waals surface area (Å²) in [6.07, 6.45) is 7.36. The maximum atomic E-state index is 11.6. The van der Waals surface area contributed by atoms with E-state index < -0.39 is 0 Å². The van der Waals surface area contributed by atoms with Crippen molar-refractivity contribution in [3.63, 3.8) is 0 Å². The second-order valence-corrected chi connectivity index (χ2v) is 3.98. The topological polar surface area (TPSA) is 57.7 Å². The molecule has 94 valence electrons. The number of nitrogens with one attached hydrogen (secondary N) is 1. The minimum absolute atomic E-state index is 0.100. The van der Waals surface area contributed by atoms with E-state index in [2.05, 4.69) is 10.9 Å². The second kappa shape index (κ2) is 5.85. The number of carbonyl (C=O) groups excluding carboxylic acids is 1. The number of rotatable bonds is 4. The van der Waals surface area contributed by atoms with Gasteiger partial charge in [-0.05, 0) is 23.3 Å². The van der Waals surface area contributed by atoms with Crippen LogP contribution in [0, 0.1) is 5.41 Å². The van der Waals surface area contributed by atoms with Crippen molar-refractivity contribution in [3.8, 4) is 11.1 Å². The molecule has 0 aromatic carbocycles. The van der Waals surface area contributed by atoms with Crippen LogP contribution in [0.2, 0.25) is 0 Å². The lowest BCUT2D eigenvalue weighted by Gasteiger charge is -2.00. The van der Waals surface area contributed by atoms with Crippen LogP contribution in [0.25, 0.3) is 16.8 Å². The molecule has 19 heavy (non-hydrogen) atoms. The molecule has 0 amide bonds. The van der Waals surface area contributed by atoms with E-state index >= 15 is 0 Å². The van der Waals surface area contributed by atoms with Crippen molar-refractivity contribution in [1.29, 1.82) is 5.41 Å². The first-order valence-corrected chi connectivity index (χ1v) is 6.01. The van der Waals surface area contributed by atoms with Crippen LogP contribution >= 0.6 is 0 Å². The predicted molar refractivity (Wildman–Crippen MR) is 72.6 cm³/mol. The maximum absolute atomic E-state index is 11.6. The molecule has 0 radical (unpaired) electrons. The Morgan fingerprint density at radius 1 is 1.21 bits per heavy atom. The van der Waals surface area contributed by atoms with Gasteiger partial charge in [-0.1, -0.05) is 6.92 Å². The Labute approximate surface area is 111 Å². The summed E-state index contributed by atoms with van der Waals surface area (Å²) in [5.41, 5.74) is 2.35.